The van der Waals surface area contributed by atoms with Crippen molar-refractivity contribution in [3.8, 4) is 0 Å². The smallest absolute Gasteiger partial charge is 0.225 e. The highest BCUT2D eigenvalue weighted by molar-refractivity contribution is 5.78. The second kappa shape index (κ2) is 5.84. The summed E-state index contributed by atoms with van der Waals surface area (Å²) in [6.45, 7) is 11.6. The van der Waals surface area contributed by atoms with Crippen molar-refractivity contribution in [2.45, 2.75) is 41.0 Å². The molecule has 0 aliphatic carbocycles. The van der Waals surface area contributed by atoms with Crippen molar-refractivity contribution in [2.24, 2.45) is 5.92 Å². The SMILES string of the molecule is CCN(CC)C(=O)C(C)Cc1c(C)n[nH]c1C. The van der Waals surface area contributed by atoms with Crippen LogP contribution >= 0.6 is 0 Å². The number of carbonyl (C=O) groups is 1. The van der Waals surface area contributed by atoms with Crippen LogP contribution in [0.15, 0.2) is 0 Å². The van der Waals surface area contributed by atoms with Crippen molar-refractivity contribution in [1.82, 2.24) is 15.1 Å². The summed E-state index contributed by atoms with van der Waals surface area (Å²) in [6, 6.07) is 0. The summed E-state index contributed by atoms with van der Waals surface area (Å²) in [5, 5.41) is 7.13. The molecule has 0 aliphatic rings. The first-order chi connectivity index (χ1) is 8.01. The first-order valence-corrected chi connectivity index (χ1v) is 6.30. The van der Waals surface area contributed by atoms with Crippen molar-refractivity contribution in [1.29, 1.82) is 0 Å². The number of carbonyl (C=O) groups excluding carboxylic acids is 1. The molecule has 1 heterocycles. The van der Waals surface area contributed by atoms with Crippen LogP contribution in [0, 0.1) is 19.8 Å². The first kappa shape index (κ1) is 13.7. The van der Waals surface area contributed by atoms with Gasteiger partial charge in [-0.2, -0.15) is 5.10 Å². The maximum atomic E-state index is 12.1. The van der Waals surface area contributed by atoms with Crippen LogP contribution < -0.4 is 0 Å². The van der Waals surface area contributed by atoms with Gasteiger partial charge in [-0.1, -0.05) is 6.92 Å². The van der Waals surface area contributed by atoms with Crippen molar-refractivity contribution in [3.05, 3.63) is 17.0 Å². The number of hydrogen-bond donors (Lipinski definition) is 1. The second-order valence-electron chi connectivity index (χ2n) is 4.53. The Labute approximate surface area is 103 Å². The van der Waals surface area contributed by atoms with E-state index in [1.165, 1.54) is 5.56 Å². The topological polar surface area (TPSA) is 49.0 Å². The molecule has 0 radical (unpaired) electrons. The van der Waals surface area contributed by atoms with Crippen molar-refractivity contribution in [2.75, 3.05) is 13.1 Å². The van der Waals surface area contributed by atoms with E-state index in [0.717, 1.165) is 30.9 Å². The van der Waals surface area contributed by atoms with Gasteiger partial charge in [-0.3, -0.25) is 9.89 Å². The van der Waals surface area contributed by atoms with E-state index in [4.69, 9.17) is 0 Å². The minimum atomic E-state index is 0.0184. The van der Waals surface area contributed by atoms with Gasteiger partial charge in [0.25, 0.3) is 0 Å². The number of hydrogen-bond acceptors (Lipinski definition) is 2. The molecule has 1 rings (SSSR count). The number of rotatable bonds is 5. The van der Waals surface area contributed by atoms with Gasteiger partial charge >= 0.3 is 0 Å². The van der Waals surface area contributed by atoms with Gasteiger partial charge in [0, 0.05) is 24.7 Å². The zero-order valence-corrected chi connectivity index (χ0v) is 11.5. The van der Waals surface area contributed by atoms with E-state index in [0.29, 0.717) is 0 Å². The molecule has 1 amide bonds. The molecule has 0 saturated carbocycles. The Morgan fingerprint density at radius 2 is 1.94 bits per heavy atom. The van der Waals surface area contributed by atoms with Gasteiger partial charge < -0.3 is 4.90 Å². The molecule has 1 N–H and O–H groups in total. The van der Waals surface area contributed by atoms with Crippen molar-refractivity contribution in [3.63, 3.8) is 0 Å². The lowest BCUT2D eigenvalue weighted by Gasteiger charge is -2.22. The molecular weight excluding hydrogens is 214 g/mol. The predicted molar refractivity (Wildman–Crippen MR) is 68.9 cm³/mol. The normalized spacial score (nSPS) is 12.5. The van der Waals surface area contributed by atoms with Gasteiger partial charge in [-0.05, 0) is 39.7 Å². The number of H-pyrrole nitrogens is 1. The molecule has 0 aromatic carbocycles. The molecule has 4 heteroatoms. The van der Waals surface area contributed by atoms with E-state index in [-0.39, 0.29) is 11.8 Å². The van der Waals surface area contributed by atoms with Crippen LogP contribution in [-0.4, -0.2) is 34.1 Å². The van der Waals surface area contributed by atoms with Gasteiger partial charge in [0.15, 0.2) is 0 Å². The number of aromatic amines is 1. The molecule has 0 saturated heterocycles. The van der Waals surface area contributed by atoms with E-state index >= 15 is 0 Å². The van der Waals surface area contributed by atoms with Crippen LogP contribution in [0.25, 0.3) is 0 Å². The minimum absolute atomic E-state index is 0.0184. The Hall–Kier alpha value is -1.32. The van der Waals surface area contributed by atoms with Gasteiger partial charge in [0.05, 0.1) is 5.69 Å². The van der Waals surface area contributed by atoms with Gasteiger partial charge in [-0.15, -0.1) is 0 Å². The number of amides is 1. The summed E-state index contributed by atoms with van der Waals surface area (Å²) < 4.78 is 0. The summed E-state index contributed by atoms with van der Waals surface area (Å²) in [5.74, 6) is 0.250. The maximum absolute atomic E-state index is 12.1. The number of nitrogens with zero attached hydrogens (tertiary/aromatic N) is 2. The Morgan fingerprint density at radius 3 is 2.35 bits per heavy atom. The molecule has 1 aromatic heterocycles. The van der Waals surface area contributed by atoms with Gasteiger partial charge in [0.1, 0.15) is 0 Å². The molecule has 0 aliphatic heterocycles. The fourth-order valence-electron chi connectivity index (χ4n) is 2.12. The average molecular weight is 237 g/mol. The lowest BCUT2D eigenvalue weighted by Crippen LogP contribution is -2.35. The summed E-state index contributed by atoms with van der Waals surface area (Å²) in [7, 11) is 0. The molecule has 1 aromatic rings. The third-order valence-electron chi connectivity index (χ3n) is 3.29. The molecule has 17 heavy (non-hydrogen) atoms. The Balaban J connectivity index is 2.72. The summed E-state index contributed by atoms with van der Waals surface area (Å²) in [6.07, 6.45) is 0.767. The fourth-order valence-corrected chi connectivity index (χ4v) is 2.12. The Kier molecular flexibility index (Phi) is 4.73. The average Bonchev–Trinajstić information content (AvgIpc) is 2.62. The van der Waals surface area contributed by atoms with Crippen LogP contribution in [0.2, 0.25) is 0 Å². The summed E-state index contributed by atoms with van der Waals surface area (Å²) in [4.78, 5) is 14.0. The van der Waals surface area contributed by atoms with Crippen LogP contribution in [0.4, 0.5) is 0 Å². The van der Waals surface area contributed by atoms with E-state index < -0.39 is 0 Å². The van der Waals surface area contributed by atoms with Crippen LogP contribution in [-0.2, 0) is 11.2 Å². The standard InChI is InChI=1S/C13H23N3O/c1-6-16(7-2)13(17)9(3)8-12-10(4)14-15-11(12)5/h9H,6-8H2,1-5H3,(H,14,15). The summed E-state index contributed by atoms with van der Waals surface area (Å²) >= 11 is 0. The van der Waals surface area contributed by atoms with E-state index in [1.54, 1.807) is 0 Å². The molecular formula is C13H23N3O. The van der Waals surface area contributed by atoms with E-state index in [1.807, 2.05) is 39.5 Å². The zero-order chi connectivity index (χ0) is 13.0. The monoisotopic (exact) mass is 237 g/mol. The fraction of sp³-hybridized carbons (Fsp3) is 0.692. The maximum Gasteiger partial charge on any atom is 0.225 e. The molecule has 1 unspecified atom stereocenters. The predicted octanol–water partition coefficient (Wildman–Crippen LogP) is 2.07. The van der Waals surface area contributed by atoms with E-state index in [9.17, 15) is 4.79 Å². The molecule has 4 nitrogen and oxygen atoms in total. The molecule has 0 spiro atoms. The summed E-state index contributed by atoms with van der Waals surface area (Å²) in [5.41, 5.74) is 3.25. The van der Waals surface area contributed by atoms with Crippen LogP contribution in [0.5, 0.6) is 0 Å². The quantitative estimate of drug-likeness (QED) is 0.852. The zero-order valence-electron chi connectivity index (χ0n) is 11.5. The van der Waals surface area contributed by atoms with Gasteiger partial charge in [-0.25, -0.2) is 0 Å². The lowest BCUT2D eigenvalue weighted by molar-refractivity contribution is -0.134. The third kappa shape index (κ3) is 3.08. The minimum Gasteiger partial charge on any atom is -0.343 e. The second-order valence-corrected chi connectivity index (χ2v) is 4.53. The molecule has 0 bridgehead atoms. The van der Waals surface area contributed by atoms with Crippen molar-refractivity contribution >= 4 is 5.91 Å². The van der Waals surface area contributed by atoms with E-state index in [2.05, 4.69) is 10.2 Å². The van der Waals surface area contributed by atoms with Gasteiger partial charge in [0.2, 0.25) is 5.91 Å². The van der Waals surface area contributed by atoms with Crippen LogP contribution in [0.1, 0.15) is 37.7 Å². The first-order valence-electron chi connectivity index (χ1n) is 6.30. The lowest BCUT2D eigenvalue weighted by atomic mass is 9.98. The third-order valence-corrected chi connectivity index (χ3v) is 3.29. The Bertz CT molecular complexity index is 361. The molecule has 96 valence electrons. The Morgan fingerprint density at radius 1 is 1.35 bits per heavy atom. The number of aryl methyl sites for hydroxylation is 2. The highest BCUT2D eigenvalue weighted by Crippen LogP contribution is 2.16. The van der Waals surface area contributed by atoms with Crippen LogP contribution in [0.3, 0.4) is 0 Å². The number of nitrogens with one attached hydrogen (secondary N) is 1. The molecule has 0 fully saturated rings. The highest BCUT2D eigenvalue weighted by atomic mass is 16.2. The highest BCUT2D eigenvalue weighted by Gasteiger charge is 2.20. The largest absolute Gasteiger partial charge is 0.343 e. The van der Waals surface area contributed by atoms with Crippen molar-refractivity contribution < 1.29 is 4.79 Å². The molecule has 1 atom stereocenters. The number of aromatic nitrogens is 2.